The van der Waals surface area contributed by atoms with Crippen LogP contribution in [-0.4, -0.2) is 0 Å². The minimum Gasteiger partial charge on any atom is -0.0683 e. The topological polar surface area (TPSA) is 0 Å². The first-order chi connectivity index (χ1) is 11.1. The molecule has 2 unspecified atom stereocenters. The van der Waals surface area contributed by atoms with Crippen LogP contribution in [0.2, 0.25) is 0 Å². The summed E-state index contributed by atoms with van der Waals surface area (Å²) in [6.45, 7) is 37.4. The van der Waals surface area contributed by atoms with E-state index in [-0.39, 0.29) is 0 Å². The fourth-order valence-corrected chi connectivity index (χ4v) is 0.805. The van der Waals surface area contributed by atoms with Gasteiger partial charge >= 0.3 is 0 Å². The highest BCUT2D eigenvalue weighted by molar-refractivity contribution is 4.56. The molecule has 2 atom stereocenters. The fourth-order valence-electron chi connectivity index (χ4n) is 0.805. The minimum absolute atomic E-state index is 0.917. The molecule has 0 amide bonds. The molecule has 0 aliphatic heterocycles. The molecule has 0 bridgehead atoms. The zero-order chi connectivity index (χ0) is 21.3. The normalized spacial score (nSPS) is 8.61. The van der Waals surface area contributed by atoms with E-state index in [2.05, 4.69) is 41.5 Å². The van der Waals surface area contributed by atoms with Crippen molar-refractivity contribution in [3.63, 3.8) is 0 Å². The molecule has 0 fully saturated rings. The molecule has 0 rings (SSSR count). The second-order valence-electron chi connectivity index (χ2n) is 3.48. The van der Waals surface area contributed by atoms with E-state index in [0.29, 0.717) is 0 Å². The molecule has 23 heavy (non-hydrogen) atoms. The Morgan fingerprint density at radius 3 is 0.522 bits per heavy atom. The van der Waals surface area contributed by atoms with Gasteiger partial charge in [0.1, 0.15) is 0 Å². The van der Waals surface area contributed by atoms with Crippen LogP contribution in [0.4, 0.5) is 0 Å². The summed E-state index contributed by atoms with van der Waals surface area (Å²) in [5.41, 5.74) is 0. The van der Waals surface area contributed by atoms with E-state index in [1.54, 1.807) is 0 Å². The zero-order valence-electron chi connectivity index (χ0n) is 21.3. The van der Waals surface area contributed by atoms with E-state index in [9.17, 15) is 0 Å². The van der Waals surface area contributed by atoms with Crippen molar-refractivity contribution >= 4 is 0 Å². The quantitative estimate of drug-likeness (QED) is 0.480. The van der Waals surface area contributed by atoms with Gasteiger partial charge in [0.15, 0.2) is 0 Å². The van der Waals surface area contributed by atoms with E-state index in [1.165, 1.54) is 19.3 Å². The van der Waals surface area contributed by atoms with Crippen LogP contribution in [0.1, 0.15) is 144 Å². The summed E-state index contributed by atoms with van der Waals surface area (Å²) >= 11 is 0. The Labute approximate surface area is 156 Å². The lowest BCUT2D eigenvalue weighted by Gasteiger charge is -2.14. The van der Waals surface area contributed by atoms with Crippen molar-refractivity contribution in [3.8, 4) is 0 Å². The Kier molecular flexibility index (Phi) is 258. The Morgan fingerprint density at radius 2 is 0.478 bits per heavy atom. The summed E-state index contributed by atoms with van der Waals surface area (Å²) in [6.07, 6.45) is 3.91. The van der Waals surface area contributed by atoms with Crippen LogP contribution in [-0.2, 0) is 0 Å². The maximum atomic E-state index is 2.33. The molecule has 0 aromatic heterocycles. The van der Waals surface area contributed by atoms with E-state index in [0.717, 1.165) is 11.8 Å². The van der Waals surface area contributed by atoms with Crippen molar-refractivity contribution in [2.45, 2.75) is 144 Å². The molecule has 0 aliphatic rings. The number of hydrogen-bond acceptors (Lipinski definition) is 0. The molecule has 0 nitrogen and oxygen atoms in total. The monoisotopic (exact) mass is 338 g/mol. The SMILES string of the molecule is CC.CC.CC.CC.CC.CC.CCC.CCC(C)C(C)CC. The van der Waals surface area contributed by atoms with Gasteiger partial charge in [-0.1, -0.05) is 144 Å². The third kappa shape index (κ3) is 138. The summed E-state index contributed by atoms with van der Waals surface area (Å²) in [6, 6.07) is 0. The van der Waals surface area contributed by atoms with Crippen LogP contribution in [0.5, 0.6) is 0 Å². The van der Waals surface area contributed by atoms with Crippen molar-refractivity contribution in [2.75, 3.05) is 0 Å². The van der Waals surface area contributed by atoms with Gasteiger partial charge in [-0.15, -0.1) is 0 Å². The van der Waals surface area contributed by atoms with E-state index in [1.807, 2.05) is 83.1 Å². The average molecular weight is 339 g/mol. The third-order valence-corrected chi connectivity index (χ3v) is 2.26. The van der Waals surface area contributed by atoms with Crippen molar-refractivity contribution < 1.29 is 0 Å². The second-order valence-corrected chi connectivity index (χ2v) is 3.48. The molecule has 0 N–H and O–H groups in total. The number of rotatable bonds is 3. The Bertz CT molecular complexity index is 49.1. The predicted octanol–water partition coefficient (Wildman–Crippen LogP) is 10.7. The highest BCUT2D eigenvalue weighted by Crippen LogP contribution is 2.16. The molecular formula is C23H62. The molecule has 0 heteroatoms. The van der Waals surface area contributed by atoms with Gasteiger partial charge in [-0.3, -0.25) is 0 Å². The molecule has 154 valence electrons. The van der Waals surface area contributed by atoms with Crippen molar-refractivity contribution in [2.24, 2.45) is 11.8 Å². The van der Waals surface area contributed by atoms with Crippen LogP contribution in [0, 0.1) is 11.8 Å². The fraction of sp³-hybridized carbons (Fsp3) is 1.00. The van der Waals surface area contributed by atoms with Crippen LogP contribution >= 0.6 is 0 Å². The summed E-state index contributed by atoms with van der Waals surface area (Å²) in [4.78, 5) is 0. The predicted molar refractivity (Wildman–Crippen MR) is 123 cm³/mol. The van der Waals surface area contributed by atoms with Gasteiger partial charge in [-0.25, -0.2) is 0 Å². The van der Waals surface area contributed by atoms with Crippen molar-refractivity contribution in [3.05, 3.63) is 0 Å². The first-order valence-corrected chi connectivity index (χ1v) is 11.1. The van der Waals surface area contributed by atoms with Gasteiger partial charge in [0.25, 0.3) is 0 Å². The molecule has 0 spiro atoms. The summed E-state index contributed by atoms with van der Waals surface area (Å²) in [5, 5.41) is 0. The first-order valence-electron chi connectivity index (χ1n) is 11.1. The van der Waals surface area contributed by atoms with E-state index in [4.69, 9.17) is 0 Å². The molecule has 0 saturated carbocycles. The third-order valence-electron chi connectivity index (χ3n) is 2.26. The lowest BCUT2D eigenvalue weighted by molar-refractivity contribution is 0.367. The van der Waals surface area contributed by atoms with Crippen LogP contribution in [0.25, 0.3) is 0 Å². The lowest BCUT2D eigenvalue weighted by atomic mass is 9.92. The Morgan fingerprint density at radius 1 is 0.391 bits per heavy atom. The lowest BCUT2D eigenvalue weighted by Crippen LogP contribution is -2.04. The molecule has 0 heterocycles. The molecule has 0 aromatic rings. The minimum atomic E-state index is 0.917. The van der Waals surface area contributed by atoms with Gasteiger partial charge in [0.05, 0.1) is 0 Å². The zero-order valence-corrected chi connectivity index (χ0v) is 21.3. The van der Waals surface area contributed by atoms with Gasteiger partial charge < -0.3 is 0 Å². The van der Waals surface area contributed by atoms with Crippen LogP contribution < -0.4 is 0 Å². The van der Waals surface area contributed by atoms with Gasteiger partial charge in [-0.2, -0.15) is 0 Å². The molecule has 0 aromatic carbocycles. The molecule has 0 radical (unpaired) electrons. The number of hydrogen-bond donors (Lipinski definition) is 0. The van der Waals surface area contributed by atoms with Crippen LogP contribution in [0.3, 0.4) is 0 Å². The van der Waals surface area contributed by atoms with Gasteiger partial charge in [0, 0.05) is 0 Å². The maximum absolute atomic E-state index is 2.33. The summed E-state index contributed by atoms with van der Waals surface area (Å²) < 4.78 is 0. The van der Waals surface area contributed by atoms with Crippen molar-refractivity contribution in [1.29, 1.82) is 0 Å². The van der Waals surface area contributed by atoms with E-state index >= 15 is 0 Å². The summed E-state index contributed by atoms with van der Waals surface area (Å²) in [5.74, 6) is 1.83. The van der Waals surface area contributed by atoms with Gasteiger partial charge in [0.2, 0.25) is 0 Å². The molecule has 0 saturated heterocycles. The Hall–Kier alpha value is 0. The van der Waals surface area contributed by atoms with Crippen LogP contribution in [0.15, 0.2) is 0 Å². The molecular weight excluding hydrogens is 276 g/mol. The second kappa shape index (κ2) is 120. The largest absolute Gasteiger partial charge is 0.0683 e. The summed E-state index contributed by atoms with van der Waals surface area (Å²) in [7, 11) is 0. The van der Waals surface area contributed by atoms with Crippen molar-refractivity contribution in [1.82, 2.24) is 0 Å². The first kappa shape index (κ1) is 49.5. The standard InChI is InChI=1S/C8H18.C3H8.6C2H6/c1-5-7(3)8(4)6-2;1-3-2;6*1-2/h7-8H,5-6H2,1-4H3;3H2,1-2H3;6*1-2H3. The highest BCUT2D eigenvalue weighted by Gasteiger charge is 2.05. The smallest absolute Gasteiger partial charge is 0.0420 e. The van der Waals surface area contributed by atoms with Gasteiger partial charge in [-0.05, 0) is 11.8 Å². The maximum Gasteiger partial charge on any atom is -0.0420 e. The Balaban J connectivity index is -0.0000000213. The average Bonchev–Trinajstić information content (AvgIpc) is 2.70. The van der Waals surface area contributed by atoms with E-state index < -0.39 is 0 Å². The highest BCUT2D eigenvalue weighted by atomic mass is 14.1. The molecule has 0 aliphatic carbocycles.